The lowest BCUT2D eigenvalue weighted by Gasteiger charge is -2.10. The van der Waals surface area contributed by atoms with E-state index >= 15 is 0 Å². The minimum absolute atomic E-state index is 0.145. The average molecular weight is 318 g/mol. The van der Waals surface area contributed by atoms with Crippen molar-refractivity contribution in [3.05, 3.63) is 89.6 Å². The van der Waals surface area contributed by atoms with Crippen molar-refractivity contribution in [3.8, 4) is 5.88 Å². The van der Waals surface area contributed by atoms with Gasteiger partial charge in [-0.05, 0) is 29.7 Å². The van der Waals surface area contributed by atoms with E-state index in [0.717, 1.165) is 5.56 Å². The summed E-state index contributed by atoms with van der Waals surface area (Å²) in [5.41, 5.74) is 3.46. The Morgan fingerprint density at radius 1 is 1.00 bits per heavy atom. The van der Waals surface area contributed by atoms with Gasteiger partial charge in [0, 0.05) is 11.6 Å². The van der Waals surface area contributed by atoms with Crippen LogP contribution in [0.3, 0.4) is 0 Å². The third kappa shape index (κ3) is 3.79. The highest BCUT2D eigenvalue weighted by atomic mass is 16.5. The van der Waals surface area contributed by atoms with E-state index in [9.17, 15) is 4.79 Å². The molecule has 3 rings (SSSR count). The Bertz CT molecular complexity index is 815. The topological polar surface area (TPSA) is 51.2 Å². The summed E-state index contributed by atoms with van der Waals surface area (Å²) in [7, 11) is 1.56. The van der Waals surface area contributed by atoms with Crippen LogP contribution in [0.2, 0.25) is 0 Å². The van der Waals surface area contributed by atoms with Crippen molar-refractivity contribution in [1.82, 2.24) is 4.98 Å². The number of ether oxygens (including phenoxy) is 1. The van der Waals surface area contributed by atoms with Crippen LogP contribution in [0.4, 0.5) is 5.69 Å². The van der Waals surface area contributed by atoms with Crippen molar-refractivity contribution < 1.29 is 9.53 Å². The molecule has 0 saturated heterocycles. The van der Waals surface area contributed by atoms with Crippen LogP contribution in [0, 0.1) is 0 Å². The Labute approximate surface area is 141 Å². The monoisotopic (exact) mass is 318 g/mol. The lowest BCUT2D eigenvalue weighted by molar-refractivity contribution is 0.102. The van der Waals surface area contributed by atoms with Gasteiger partial charge in [0.15, 0.2) is 0 Å². The molecular weight excluding hydrogens is 300 g/mol. The Balaban J connectivity index is 1.79. The second-order valence-corrected chi connectivity index (χ2v) is 5.36. The minimum Gasteiger partial charge on any atom is -0.481 e. The molecule has 0 aliphatic carbocycles. The van der Waals surface area contributed by atoms with Crippen LogP contribution in [-0.2, 0) is 6.42 Å². The summed E-state index contributed by atoms with van der Waals surface area (Å²) in [5.74, 6) is 0.367. The van der Waals surface area contributed by atoms with E-state index in [2.05, 4.69) is 22.4 Å². The molecule has 0 bridgehead atoms. The zero-order valence-corrected chi connectivity index (χ0v) is 13.4. The Morgan fingerprint density at radius 2 is 1.75 bits per heavy atom. The summed E-state index contributed by atoms with van der Waals surface area (Å²) in [6.45, 7) is 0. The van der Waals surface area contributed by atoms with Crippen LogP contribution in [0.15, 0.2) is 72.9 Å². The van der Waals surface area contributed by atoms with Gasteiger partial charge in [-0.3, -0.25) is 4.79 Å². The van der Waals surface area contributed by atoms with Gasteiger partial charge in [-0.15, -0.1) is 0 Å². The molecule has 2 aromatic carbocycles. The number of anilines is 1. The Morgan fingerprint density at radius 3 is 2.46 bits per heavy atom. The maximum absolute atomic E-state index is 12.6. The highest BCUT2D eigenvalue weighted by Crippen LogP contribution is 2.17. The summed E-state index contributed by atoms with van der Waals surface area (Å²) in [5, 5.41) is 2.88. The zero-order chi connectivity index (χ0) is 16.8. The van der Waals surface area contributed by atoms with E-state index in [1.54, 1.807) is 25.4 Å². The van der Waals surface area contributed by atoms with E-state index in [-0.39, 0.29) is 5.91 Å². The second-order valence-electron chi connectivity index (χ2n) is 5.36. The number of benzene rings is 2. The van der Waals surface area contributed by atoms with Crippen LogP contribution in [0.5, 0.6) is 5.88 Å². The SMILES string of the molecule is COc1ccc(NC(=O)c2ccccc2Cc2ccccc2)cn1. The summed E-state index contributed by atoms with van der Waals surface area (Å²) in [6.07, 6.45) is 2.29. The molecule has 0 aliphatic heterocycles. The van der Waals surface area contributed by atoms with Gasteiger partial charge >= 0.3 is 0 Å². The predicted molar refractivity (Wildman–Crippen MR) is 94.4 cm³/mol. The molecule has 3 aromatic rings. The maximum Gasteiger partial charge on any atom is 0.255 e. The van der Waals surface area contributed by atoms with Gasteiger partial charge in [0.1, 0.15) is 0 Å². The fourth-order valence-electron chi connectivity index (χ4n) is 2.49. The van der Waals surface area contributed by atoms with Crippen LogP contribution >= 0.6 is 0 Å². The molecule has 4 nitrogen and oxygen atoms in total. The molecule has 120 valence electrons. The molecular formula is C20H18N2O2. The standard InChI is InChI=1S/C20H18N2O2/c1-24-19-12-11-17(14-21-19)22-20(23)18-10-6-5-9-16(18)13-15-7-3-2-4-8-15/h2-12,14H,13H2,1H3,(H,22,23). The molecule has 0 radical (unpaired) electrons. The summed E-state index contributed by atoms with van der Waals surface area (Å²) in [6, 6.07) is 21.2. The predicted octanol–water partition coefficient (Wildman–Crippen LogP) is 3.93. The number of hydrogen-bond acceptors (Lipinski definition) is 3. The number of carbonyl (C=O) groups excluding carboxylic acids is 1. The number of hydrogen-bond donors (Lipinski definition) is 1. The summed E-state index contributed by atoms with van der Waals surface area (Å²) in [4.78, 5) is 16.7. The fraction of sp³-hybridized carbons (Fsp3) is 0.100. The first-order valence-corrected chi connectivity index (χ1v) is 7.69. The number of carbonyl (C=O) groups is 1. The van der Waals surface area contributed by atoms with E-state index in [1.165, 1.54) is 5.56 Å². The van der Waals surface area contributed by atoms with Crippen LogP contribution in [0.1, 0.15) is 21.5 Å². The number of amides is 1. The third-order valence-corrected chi connectivity index (χ3v) is 3.70. The van der Waals surface area contributed by atoms with Gasteiger partial charge in [-0.25, -0.2) is 4.98 Å². The Hall–Kier alpha value is -3.14. The summed E-state index contributed by atoms with van der Waals surface area (Å²) < 4.78 is 5.02. The highest BCUT2D eigenvalue weighted by molar-refractivity contribution is 6.05. The van der Waals surface area contributed by atoms with Gasteiger partial charge in [-0.2, -0.15) is 0 Å². The first-order chi connectivity index (χ1) is 11.8. The van der Waals surface area contributed by atoms with Crippen LogP contribution < -0.4 is 10.1 Å². The van der Waals surface area contributed by atoms with Crippen molar-refractivity contribution in [2.75, 3.05) is 12.4 Å². The lowest BCUT2D eigenvalue weighted by atomic mass is 9.99. The molecule has 24 heavy (non-hydrogen) atoms. The van der Waals surface area contributed by atoms with Crippen molar-refractivity contribution >= 4 is 11.6 Å². The highest BCUT2D eigenvalue weighted by Gasteiger charge is 2.11. The first-order valence-electron chi connectivity index (χ1n) is 7.69. The smallest absolute Gasteiger partial charge is 0.255 e. The molecule has 0 atom stereocenters. The first kappa shape index (κ1) is 15.7. The van der Waals surface area contributed by atoms with Crippen LogP contribution in [0.25, 0.3) is 0 Å². The molecule has 0 unspecified atom stereocenters. The molecule has 0 aliphatic rings. The summed E-state index contributed by atoms with van der Waals surface area (Å²) >= 11 is 0. The molecule has 1 aromatic heterocycles. The minimum atomic E-state index is -0.145. The fourth-order valence-corrected chi connectivity index (χ4v) is 2.49. The van der Waals surface area contributed by atoms with Gasteiger partial charge in [0.05, 0.1) is 19.0 Å². The zero-order valence-electron chi connectivity index (χ0n) is 13.4. The van der Waals surface area contributed by atoms with Crippen molar-refractivity contribution in [3.63, 3.8) is 0 Å². The molecule has 1 amide bonds. The van der Waals surface area contributed by atoms with Gasteiger partial charge in [0.2, 0.25) is 5.88 Å². The maximum atomic E-state index is 12.6. The van der Waals surface area contributed by atoms with Gasteiger partial charge < -0.3 is 10.1 Å². The molecule has 1 N–H and O–H groups in total. The van der Waals surface area contributed by atoms with E-state index in [1.807, 2.05) is 42.5 Å². The number of aromatic nitrogens is 1. The lowest BCUT2D eigenvalue weighted by Crippen LogP contribution is -2.14. The molecule has 0 fully saturated rings. The number of rotatable bonds is 5. The average Bonchev–Trinajstić information content (AvgIpc) is 2.63. The molecule has 1 heterocycles. The van der Waals surface area contributed by atoms with E-state index < -0.39 is 0 Å². The largest absolute Gasteiger partial charge is 0.481 e. The molecule has 0 saturated carbocycles. The van der Waals surface area contributed by atoms with E-state index in [4.69, 9.17) is 4.74 Å². The number of nitrogens with one attached hydrogen (secondary N) is 1. The quantitative estimate of drug-likeness (QED) is 0.775. The second kappa shape index (κ2) is 7.42. The van der Waals surface area contributed by atoms with E-state index in [0.29, 0.717) is 23.6 Å². The van der Waals surface area contributed by atoms with Crippen molar-refractivity contribution in [2.45, 2.75) is 6.42 Å². The van der Waals surface area contributed by atoms with Gasteiger partial charge in [-0.1, -0.05) is 48.5 Å². The third-order valence-electron chi connectivity index (χ3n) is 3.70. The molecule has 4 heteroatoms. The van der Waals surface area contributed by atoms with Crippen molar-refractivity contribution in [1.29, 1.82) is 0 Å². The number of nitrogens with zero attached hydrogens (tertiary/aromatic N) is 1. The van der Waals surface area contributed by atoms with Gasteiger partial charge in [0.25, 0.3) is 5.91 Å². The normalized spacial score (nSPS) is 10.2. The van der Waals surface area contributed by atoms with Crippen LogP contribution in [-0.4, -0.2) is 18.0 Å². The Kier molecular flexibility index (Phi) is 4.87. The number of pyridine rings is 1. The van der Waals surface area contributed by atoms with Crippen molar-refractivity contribution in [2.24, 2.45) is 0 Å². The molecule has 0 spiro atoms. The number of methoxy groups -OCH3 is 1.